The van der Waals surface area contributed by atoms with Crippen LogP contribution in [0.4, 0.5) is 0 Å². The summed E-state index contributed by atoms with van der Waals surface area (Å²) in [5, 5.41) is 2.70. The summed E-state index contributed by atoms with van der Waals surface area (Å²) in [5.74, 6) is 2.12. The lowest BCUT2D eigenvalue weighted by Crippen LogP contribution is -2.50. The Morgan fingerprint density at radius 1 is 0.818 bits per heavy atom. The van der Waals surface area contributed by atoms with Crippen molar-refractivity contribution in [3.05, 3.63) is 47.5 Å². The molecule has 0 radical (unpaired) electrons. The first-order chi connectivity index (χ1) is 16.0. The van der Waals surface area contributed by atoms with E-state index in [1.807, 2.05) is 12.1 Å². The first kappa shape index (κ1) is 24.2. The Labute approximate surface area is 194 Å². The molecule has 0 saturated carbocycles. The summed E-state index contributed by atoms with van der Waals surface area (Å²) in [6, 6.07) is 10.6. The standard InChI is InChI=1S/C24H31N3O6/c1-30-19-8-5-17(6-9-19)24(29)25-15-21(28)27-13-11-26(12-14-27)16-18-7-10-20(31-2)23(33-4)22(18)32-3/h5-10H,11-16H2,1-4H3,(H,25,29). The van der Waals surface area contributed by atoms with Gasteiger partial charge in [0.05, 0.1) is 35.0 Å². The minimum absolute atomic E-state index is 0.0334. The van der Waals surface area contributed by atoms with Crippen LogP contribution in [0.15, 0.2) is 36.4 Å². The van der Waals surface area contributed by atoms with Crippen molar-refractivity contribution in [1.82, 2.24) is 15.1 Å². The lowest BCUT2D eigenvalue weighted by atomic mass is 10.1. The van der Waals surface area contributed by atoms with Gasteiger partial charge in [-0.1, -0.05) is 6.07 Å². The van der Waals surface area contributed by atoms with Crippen molar-refractivity contribution in [2.75, 3.05) is 61.2 Å². The second kappa shape index (κ2) is 11.4. The third-order valence-electron chi connectivity index (χ3n) is 5.66. The third-order valence-corrected chi connectivity index (χ3v) is 5.66. The van der Waals surface area contributed by atoms with Crippen LogP contribution < -0.4 is 24.3 Å². The Balaban J connectivity index is 1.50. The van der Waals surface area contributed by atoms with Crippen molar-refractivity contribution >= 4 is 11.8 Å². The molecule has 2 aromatic rings. The zero-order valence-corrected chi connectivity index (χ0v) is 19.6. The van der Waals surface area contributed by atoms with Gasteiger partial charge in [-0.25, -0.2) is 0 Å². The van der Waals surface area contributed by atoms with Crippen LogP contribution in [0.25, 0.3) is 0 Å². The van der Waals surface area contributed by atoms with Crippen LogP contribution in [-0.2, 0) is 11.3 Å². The number of ether oxygens (including phenoxy) is 4. The second-order valence-corrected chi connectivity index (χ2v) is 7.56. The number of carbonyl (C=O) groups is 2. The van der Waals surface area contributed by atoms with Crippen LogP contribution in [0.1, 0.15) is 15.9 Å². The van der Waals surface area contributed by atoms with Gasteiger partial charge in [0.15, 0.2) is 11.5 Å². The Bertz CT molecular complexity index is 955. The second-order valence-electron chi connectivity index (χ2n) is 7.56. The van der Waals surface area contributed by atoms with Gasteiger partial charge >= 0.3 is 0 Å². The molecule has 178 valence electrons. The summed E-state index contributed by atoms with van der Waals surface area (Å²) >= 11 is 0. The van der Waals surface area contributed by atoms with Crippen molar-refractivity contribution in [2.45, 2.75) is 6.54 Å². The third kappa shape index (κ3) is 5.87. The van der Waals surface area contributed by atoms with E-state index in [1.165, 1.54) is 0 Å². The molecule has 1 fully saturated rings. The van der Waals surface area contributed by atoms with E-state index in [9.17, 15) is 9.59 Å². The number of carbonyl (C=O) groups excluding carboxylic acids is 2. The quantitative estimate of drug-likeness (QED) is 0.614. The van der Waals surface area contributed by atoms with Crippen LogP contribution >= 0.6 is 0 Å². The van der Waals surface area contributed by atoms with Gasteiger partial charge < -0.3 is 29.2 Å². The van der Waals surface area contributed by atoms with Crippen molar-refractivity contribution in [3.63, 3.8) is 0 Å². The molecule has 0 aliphatic carbocycles. The van der Waals surface area contributed by atoms with Crippen molar-refractivity contribution in [2.24, 2.45) is 0 Å². The van der Waals surface area contributed by atoms with E-state index in [1.54, 1.807) is 57.6 Å². The number of benzene rings is 2. The molecular weight excluding hydrogens is 426 g/mol. The van der Waals surface area contributed by atoms with E-state index < -0.39 is 0 Å². The topological polar surface area (TPSA) is 89.6 Å². The summed E-state index contributed by atoms with van der Waals surface area (Å²) < 4.78 is 21.5. The van der Waals surface area contributed by atoms with Gasteiger partial charge in [-0.05, 0) is 30.3 Å². The zero-order chi connectivity index (χ0) is 23.8. The fourth-order valence-electron chi connectivity index (χ4n) is 3.80. The molecule has 0 bridgehead atoms. The van der Waals surface area contributed by atoms with Crippen LogP contribution in [0.5, 0.6) is 23.0 Å². The van der Waals surface area contributed by atoms with E-state index in [0.29, 0.717) is 48.2 Å². The highest BCUT2D eigenvalue weighted by Gasteiger charge is 2.24. The number of rotatable bonds is 9. The molecule has 1 saturated heterocycles. The predicted molar refractivity (Wildman–Crippen MR) is 123 cm³/mol. The maximum atomic E-state index is 12.6. The van der Waals surface area contributed by atoms with Gasteiger partial charge in [0.25, 0.3) is 5.91 Å². The molecule has 1 N–H and O–H groups in total. The summed E-state index contributed by atoms with van der Waals surface area (Å²) in [5.41, 5.74) is 1.47. The number of hydrogen-bond donors (Lipinski definition) is 1. The lowest BCUT2D eigenvalue weighted by Gasteiger charge is -2.35. The molecule has 0 unspecified atom stereocenters. The molecule has 2 amide bonds. The molecule has 33 heavy (non-hydrogen) atoms. The maximum absolute atomic E-state index is 12.6. The lowest BCUT2D eigenvalue weighted by molar-refractivity contribution is -0.131. The van der Waals surface area contributed by atoms with Crippen molar-refractivity contribution in [1.29, 1.82) is 0 Å². The fraction of sp³-hybridized carbons (Fsp3) is 0.417. The summed E-state index contributed by atoms with van der Waals surface area (Å²) in [7, 11) is 6.35. The molecule has 3 rings (SSSR count). The predicted octanol–water partition coefficient (Wildman–Crippen LogP) is 1.80. The Morgan fingerprint density at radius 3 is 2.06 bits per heavy atom. The minimum atomic E-state index is -0.287. The molecule has 1 aliphatic heterocycles. The SMILES string of the molecule is COc1ccc(C(=O)NCC(=O)N2CCN(Cc3ccc(OC)c(OC)c3OC)CC2)cc1. The molecular formula is C24H31N3O6. The average molecular weight is 458 g/mol. The number of piperazine rings is 1. The van der Waals surface area contributed by atoms with Crippen LogP contribution in [0.3, 0.4) is 0 Å². The number of nitrogens with one attached hydrogen (secondary N) is 1. The first-order valence-electron chi connectivity index (χ1n) is 10.7. The van der Waals surface area contributed by atoms with Gasteiger partial charge in [0.2, 0.25) is 11.7 Å². The van der Waals surface area contributed by atoms with Gasteiger partial charge in [-0.15, -0.1) is 0 Å². The molecule has 1 heterocycles. The molecule has 2 aromatic carbocycles. The molecule has 1 aliphatic rings. The van der Waals surface area contributed by atoms with E-state index >= 15 is 0 Å². The molecule has 9 heteroatoms. The first-order valence-corrected chi connectivity index (χ1v) is 10.7. The van der Waals surface area contributed by atoms with Crippen molar-refractivity contribution < 1.29 is 28.5 Å². The fourth-order valence-corrected chi connectivity index (χ4v) is 3.80. The van der Waals surface area contributed by atoms with Gasteiger partial charge in [-0.2, -0.15) is 0 Å². The van der Waals surface area contributed by atoms with Crippen LogP contribution in [0.2, 0.25) is 0 Å². The monoisotopic (exact) mass is 457 g/mol. The smallest absolute Gasteiger partial charge is 0.251 e. The number of methoxy groups -OCH3 is 4. The highest BCUT2D eigenvalue weighted by Crippen LogP contribution is 2.40. The van der Waals surface area contributed by atoms with Gasteiger partial charge in [0, 0.05) is 43.9 Å². The Morgan fingerprint density at radius 2 is 1.48 bits per heavy atom. The molecule has 9 nitrogen and oxygen atoms in total. The largest absolute Gasteiger partial charge is 0.497 e. The summed E-state index contributed by atoms with van der Waals surface area (Å²) in [4.78, 5) is 28.9. The van der Waals surface area contributed by atoms with Crippen LogP contribution in [0, 0.1) is 0 Å². The van der Waals surface area contributed by atoms with Crippen molar-refractivity contribution in [3.8, 4) is 23.0 Å². The highest BCUT2D eigenvalue weighted by molar-refractivity contribution is 5.96. The number of nitrogens with zero attached hydrogens (tertiary/aromatic N) is 2. The van der Waals surface area contributed by atoms with E-state index in [-0.39, 0.29) is 18.4 Å². The molecule has 0 spiro atoms. The molecule has 0 atom stereocenters. The van der Waals surface area contributed by atoms with E-state index in [0.717, 1.165) is 18.7 Å². The normalized spacial score (nSPS) is 13.9. The average Bonchev–Trinajstić information content (AvgIpc) is 2.87. The van der Waals surface area contributed by atoms with E-state index in [4.69, 9.17) is 18.9 Å². The number of hydrogen-bond acceptors (Lipinski definition) is 7. The highest BCUT2D eigenvalue weighted by atomic mass is 16.5. The Hall–Kier alpha value is -3.46. The van der Waals surface area contributed by atoms with Gasteiger partial charge in [-0.3, -0.25) is 14.5 Å². The molecule has 0 aromatic heterocycles. The summed E-state index contributed by atoms with van der Waals surface area (Å²) in [6.07, 6.45) is 0. The number of amides is 2. The minimum Gasteiger partial charge on any atom is -0.497 e. The van der Waals surface area contributed by atoms with E-state index in [2.05, 4.69) is 10.2 Å². The van der Waals surface area contributed by atoms with Gasteiger partial charge in [0.1, 0.15) is 5.75 Å². The Kier molecular flexibility index (Phi) is 8.37. The summed E-state index contributed by atoms with van der Waals surface area (Å²) in [6.45, 7) is 3.25. The van der Waals surface area contributed by atoms with Crippen LogP contribution in [-0.4, -0.2) is 82.8 Å². The maximum Gasteiger partial charge on any atom is 0.251 e. The zero-order valence-electron chi connectivity index (χ0n) is 19.6.